The second-order valence-corrected chi connectivity index (χ2v) is 6.38. The van der Waals surface area contributed by atoms with Gasteiger partial charge in [-0.2, -0.15) is 0 Å². The Kier molecular flexibility index (Phi) is 4.26. The van der Waals surface area contributed by atoms with E-state index in [-0.39, 0.29) is 24.8 Å². The minimum atomic E-state index is -0.224. The number of hydrogen-bond acceptors (Lipinski definition) is 4. The smallest absolute Gasteiger partial charge is 0.227 e. The second-order valence-electron chi connectivity index (χ2n) is 6.38. The zero-order valence-corrected chi connectivity index (χ0v) is 14.3. The van der Waals surface area contributed by atoms with Crippen molar-refractivity contribution in [3.05, 3.63) is 59.9 Å². The third-order valence-electron chi connectivity index (χ3n) is 4.75. The van der Waals surface area contributed by atoms with Gasteiger partial charge in [0.1, 0.15) is 12.4 Å². The number of aromatic nitrogens is 2. The summed E-state index contributed by atoms with van der Waals surface area (Å²) in [6.07, 6.45) is 1.45. The molecule has 26 heavy (non-hydrogen) atoms. The quantitative estimate of drug-likeness (QED) is 0.718. The monoisotopic (exact) mass is 349 g/mol. The predicted molar refractivity (Wildman–Crippen MR) is 98.0 cm³/mol. The number of aliphatic hydroxyl groups excluding tert-OH is 1. The number of rotatable bonds is 5. The number of para-hydroxylation sites is 2. The number of nitrogens with zero attached hydrogens (tertiary/aromatic N) is 3. The summed E-state index contributed by atoms with van der Waals surface area (Å²) in [7, 11) is 0. The van der Waals surface area contributed by atoms with Crippen LogP contribution in [0.3, 0.4) is 0 Å². The first-order valence-corrected chi connectivity index (χ1v) is 8.66. The Morgan fingerprint density at radius 3 is 2.58 bits per heavy atom. The van der Waals surface area contributed by atoms with E-state index in [9.17, 15) is 14.7 Å². The molecule has 6 nitrogen and oxygen atoms in total. The molecule has 0 radical (unpaired) electrons. The number of imidazole rings is 1. The van der Waals surface area contributed by atoms with Crippen molar-refractivity contribution in [2.75, 3.05) is 11.4 Å². The van der Waals surface area contributed by atoms with Crippen LogP contribution in [0.2, 0.25) is 0 Å². The molecule has 4 rings (SSSR count). The van der Waals surface area contributed by atoms with Crippen LogP contribution in [0.5, 0.6) is 0 Å². The number of fused-ring (bicyclic) bond motifs is 1. The van der Waals surface area contributed by atoms with Crippen molar-refractivity contribution < 1.29 is 14.7 Å². The van der Waals surface area contributed by atoms with Crippen LogP contribution >= 0.6 is 0 Å². The van der Waals surface area contributed by atoms with E-state index in [2.05, 4.69) is 4.98 Å². The molecule has 6 heteroatoms. The summed E-state index contributed by atoms with van der Waals surface area (Å²) >= 11 is 0. The molecule has 2 aromatic carbocycles. The molecule has 1 saturated heterocycles. The van der Waals surface area contributed by atoms with Crippen molar-refractivity contribution in [1.82, 2.24) is 9.55 Å². The molecule has 0 saturated carbocycles. The molecule has 132 valence electrons. The van der Waals surface area contributed by atoms with Crippen molar-refractivity contribution in [3.63, 3.8) is 0 Å². The van der Waals surface area contributed by atoms with Gasteiger partial charge in [-0.3, -0.25) is 9.59 Å². The second kappa shape index (κ2) is 6.72. The van der Waals surface area contributed by atoms with Crippen LogP contribution in [0, 0.1) is 0 Å². The number of Topliss-reactive ketones (excluding diaryl/α,β-unsaturated/α-hetero) is 1. The average Bonchev–Trinajstić information content (AvgIpc) is 3.25. The van der Waals surface area contributed by atoms with Gasteiger partial charge in [0.2, 0.25) is 5.91 Å². The van der Waals surface area contributed by atoms with Crippen LogP contribution in [-0.4, -0.2) is 32.9 Å². The first kappa shape index (κ1) is 16.5. The van der Waals surface area contributed by atoms with E-state index < -0.39 is 0 Å². The Balaban J connectivity index is 1.58. The summed E-state index contributed by atoms with van der Waals surface area (Å²) < 4.78 is 1.75. The minimum Gasteiger partial charge on any atom is -0.388 e. The van der Waals surface area contributed by atoms with Gasteiger partial charge in [0.05, 0.1) is 17.6 Å². The number of aliphatic hydroxyl groups is 1. The third kappa shape index (κ3) is 2.88. The number of ketones is 1. The number of benzene rings is 2. The van der Waals surface area contributed by atoms with Gasteiger partial charge in [0.25, 0.3) is 0 Å². The van der Waals surface area contributed by atoms with Crippen LogP contribution in [0.4, 0.5) is 5.69 Å². The summed E-state index contributed by atoms with van der Waals surface area (Å²) in [4.78, 5) is 30.7. The highest BCUT2D eigenvalue weighted by molar-refractivity contribution is 5.99. The summed E-state index contributed by atoms with van der Waals surface area (Å²) in [6.45, 7) is 0.614. The van der Waals surface area contributed by atoms with Crippen molar-refractivity contribution in [3.8, 4) is 0 Å². The van der Waals surface area contributed by atoms with E-state index in [1.165, 1.54) is 0 Å². The van der Waals surface area contributed by atoms with Crippen molar-refractivity contribution in [2.24, 2.45) is 0 Å². The molecule has 0 unspecified atom stereocenters. The minimum absolute atomic E-state index is 0.0675. The van der Waals surface area contributed by atoms with Crippen LogP contribution in [-0.2, 0) is 17.9 Å². The number of amides is 1. The third-order valence-corrected chi connectivity index (χ3v) is 4.75. The molecular formula is C20H19N3O3. The van der Waals surface area contributed by atoms with Gasteiger partial charge in [-0.1, -0.05) is 12.1 Å². The Hall–Kier alpha value is -2.99. The SMILES string of the molecule is O=C(Cn1c(CO)nc2ccccc21)c1ccc(N2CCCC2=O)cc1. The first-order chi connectivity index (χ1) is 12.7. The molecule has 1 fully saturated rings. The standard InChI is InChI=1S/C20H19N3O3/c24-13-19-21-16-4-1-2-5-17(16)23(19)12-18(25)14-7-9-15(10-8-14)22-11-3-6-20(22)26/h1-2,4-5,7-10,24H,3,6,11-13H2. The van der Waals surface area contributed by atoms with Gasteiger partial charge < -0.3 is 14.6 Å². The fraction of sp³-hybridized carbons (Fsp3) is 0.250. The zero-order valence-electron chi connectivity index (χ0n) is 14.3. The molecule has 0 aliphatic carbocycles. The topological polar surface area (TPSA) is 75.4 Å². The van der Waals surface area contributed by atoms with E-state index in [4.69, 9.17) is 0 Å². The lowest BCUT2D eigenvalue weighted by atomic mass is 10.1. The predicted octanol–water partition coefficient (Wildman–Crippen LogP) is 2.54. The highest BCUT2D eigenvalue weighted by atomic mass is 16.3. The van der Waals surface area contributed by atoms with E-state index in [0.29, 0.717) is 17.8 Å². The fourth-order valence-corrected chi connectivity index (χ4v) is 3.41. The maximum absolute atomic E-state index is 12.7. The number of carbonyl (C=O) groups excluding carboxylic acids is 2. The number of hydrogen-bond donors (Lipinski definition) is 1. The molecule has 1 aromatic heterocycles. The fourth-order valence-electron chi connectivity index (χ4n) is 3.41. The van der Waals surface area contributed by atoms with Gasteiger partial charge in [-0.25, -0.2) is 4.98 Å². The highest BCUT2D eigenvalue weighted by Crippen LogP contribution is 2.22. The maximum atomic E-state index is 12.7. The molecule has 0 bridgehead atoms. The van der Waals surface area contributed by atoms with Crippen LogP contribution < -0.4 is 4.90 Å². The maximum Gasteiger partial charge on any atom is 0.227 e. The van der Waals surface area contributed by atoms with E-state index in [1.807, 2.05) is 36.4 Å². The van der Waals surface area contributed by atoms with Crippen LogP contribution in [0.15, 0.2) is 48.5 Å². The highest BCUT2D eigenvalue weighted by Gasteiger charge is 2.22. The Morgan fingerprint density at radius 1 is 1.12 bits per heavy atom. The normalized spacial score (nSPS) is 14.3. The zero-order chi connectivity index (χ0) is 18.1. The van der Waals surface area contributed by atoms with Gasteiger partial charge in [-0.05, 0) is 42.8 Å². The molecule has 3 aromatic rings. The van der Waals surface area contributed by atoms with Gasteiger partial charge in [0.15, 0.2) is 5.78 Å². The molecule has 0 atom stereocenters. The summed E-state index contributed by atoms with van der Waals surface area (Å²) in [5, 5.41) is 9.55. The molecule has 1 amide bonds. The summed E-state index contributed by atoms with van der Waals surface area (Å²) in [5.41, 5.74) is 2.98. The lowest BCUT2D eigenvalue weighted by Crippen LogP contribution is -2.23. The van der Waals surface area contributed by atoms with Crippen molar-refractivity contribution in [1.29, 1.82) is 0 Å². The van der Waals surface area contributed by atoms with Crippen molar-refractivity contribution in [2.45, 2.75) is 26.0 Å². The summed E-state index contributed by atoms with van der Waals surface area (Å²) in [5.74, 6) is 0.530. The molecule has 0 spiro atoms. The van der Waals surface area contributed by atoms with Crippen LogP contribution in [0.1, 0.15) is 29.0 Å². The Labute approximate surface area is 150 Å². The lowest BCUT2D eigenvalue weighted by Gasteiger charge is -2.16. The Bertz CT molecular complexity index is 976. The average molecular weight is 349 g/mol. The van der Waals surface area contributed by atoms with Gasteiger partial charge >= 0.3 is 0 Å². The van der Waals surface area contributed by atoms with Crippen molar-refractivity contribution >= 4 is 28.4 Å². The largest absolute Gasteiger partial charge is 0.388 e. The Morgan fingerprint density at radius 2 is 1.88 bits per heavy atom. The lowest BCUT2D eigenvalue weighted by molar-refractivity contribution is -0.117. The van der Waals surface area contributed by atoms with E-state index >= 15 is 0 Å². The van der Waals surface area contributed by atoms with Gasteiger partial charge in [-0.15, -0.1) is 0 Å². The van der Waals surface area contributed by atoms with Gasteiger partial charge in [0, 0.05) is 24.2 Å². The molecule has 1 N–H and O–H groups in total. The van der Waals surface area contributed by atoms with Crippen LogP contribution in [0.25, 0.3) is 11.0 Å². The number of carbonyl (C=O) groups is 2. The molecule has 1 aliphatic heterocycles. The number of anilines is 1. The molecular weight excluding hydrogens is 330 g/mol. The first-order valence-electron chi connectivity index (χ1n) is 8.66. The van der Waals surface area contributed by atoms with E-state index in [0.717, 1.165) is 29.7 Å². The molecule has 1 aliphatic rings. The van der Waals surface area contributed by atoms with E-state index in [1.54, 1.807) is 21.6 Å². The summed E-state index contributed by atoms with van der Waals surface area (Å²) in [6, 6.07) is 14.6. The molecule has 2 heterocycles.